The van der Waals surface area contributed by atoms with E-state index in [-0.39, 0.29) is 11.9 Å². The van der Waals surface area contributed by atoms with Crippen molar-refractivity contribution in [3.05, 3.63) is 0 Å². The quantitative estimate of drug-likeness (QED) is 0.541. The van der Waals surface area contributed by atoms with Gasteiger partial charge in [0, 0.05) is 6.04 Å². The van der Waals surface area contributed by atoms with Gasteiger partial charge in [-0.25, -0.2) is 0 Å². The van der Waals surface area contributed by atoms with Crippen LogP contribution in [0.3, 0.4) is 0 Å². The van der Waals surface area contributed by atoms with E-state index in [9.17, 15) is 4.79 Å². The van der Waals surface area contributed by atoms with Gasteiger partial charge in [-0.2, -0.15) is 0 Å². The van der Waals surface area contributed by atoms with Gasteiger partial charge in [-0.05, 0) is 26.2 Å². The second kappa shape index (κ2) is 3.01. The Kier molecular flexibility index (Phi) is 2.27. The average Bonchev–Trinajstić information content (AvgIpc) is 1.88. The molecular formula is C7H14N2O. The normalized spacial score (nSPS) is 33.7. The molecule has 1 aliphatic rings. The van der Waals surface area contributed by atoms with Crippen molar-refractivity contribution in [2.45, 2.75) is 38.3 Å². The molecule has 1 heterocycles. The van der Waals surface area contributed by atoms with Crippen molar-refractivity contribution >= 4 is 5.91 Å². The molecule has 0 radical (unpaired) electrons. The minimum absolute atomic E-state index is 0.0799. The SMILES string of the molecule is CC1CCC[C@@H](C(N)=O)N1. The fourth-order valence-corrected chi connectivity index (χ4v) is 1.36. The molecule has 3 heteroatoms. The summed E-state index contributed by atoms with van der Waals surface area (Å²) in [4.78, 5) is 10.7. The highest BCUT2D eigenvalue weighted by Gasteiger charge is 2.21. The highest BCUT2D eigenvalue weighted by atomic mass is 16.1. The van der Waals surface area contributed by atoms with E-state index in [1.807, 2.05) is 0 Å². The summed E-state index contributed by atoms with van der Waals surface area (Å²) >= 11 is 0. The number of amides is 1. The molecule has 0 aromatic carbocycles. The molecule has 2 atom stereocenters. The van der Waals surface area contributed by atoms with Gasteiger partial charge >= 0.3 is 0 Å². The van der Waals surface area contributed by atoms with Crippen LogP contribution in [0.25, 0.3) is 0 Å². The number of nitrogens with one attached hydrogen (secondary N) is 1. The van der Waals surface area contributed by atoms with E-state index >= 15 is 0 Å². The van der Waals surface area contributed by atoms with Gasteiger partial charge in [-0.3, -0.25) is 4.79 Å². The Labute approximate surface area is 61.0 Å². The van der Waals surface area contributed by atoms with Gasteiger partial charge in [0.05, 0.1) is 6.04 Å². The van der Waals surface area contributed by atoms with E-state index in [4.69, 9.17) is 5.73 Å². The van der Waals surface area contributed by atoms with Crippen molar-refractivity contribution in [2.24, 2.45) is 5.73 Å². The van der Waals surface area contributed by atoms with E-state index in [1.54, 1.807) is 0 Å². The van der Waals surface area contributed by atoms with E-state index < -0.39 is 0 Å². The van der Waals surface area contributed by atoms with E-state index in [2.05, 4.69) is 12.2 Å². The first-order valence-electron chi connectivity index (χ1n) is 3.75. The molecule has 1 unspecified atom stereocenters. The molecule has 0 spiro atoms. The number of hydrogen-bond donors (Lipinski definition) is 2. The second-order valence-electron chi connectivity index (χ2n) is 2.95. The monoisotopic (exact) mass is 142 g/mol. The van der Waals surface area contributed by atoms with Crippen LogP contribution < -0.4 is 11.1 Å². The molecule has 0 bridgehead atoms. The lowest BCUT2D eigenvalue weighted by molar-refractivity contribution is -0.120. The molecule has 1 amide bonds. The van der Waals surface area contributed by atoms with Crippen LogP contribution in [0.5, 0.6) is 0 Å². The molecule has 0 aliphatic carbocycles. The summed E-state index contributed by atoms with van der Waals surface area (Å²) in [6.07, 6.45) is 3.17. The third kappa shape index (κ3) is 1.70. The molecule has 3 nitrogen and oxygen atoms in total. The molecular weight excluding hydrogens is 128 g/mol. The minimum atomic E-state index is -0.216. The maximum Gasteiger partial charge on any atom is 0.234 e. The number of carbonyl (C=O) groups excluding carboxylic acids is 1. The lowest BCUT2D eigenvalue weighted by atomic mass is 9.99. The number of primary amides is 1. The van der Waals surface area contributed by atoms with Gasteiger partial charge in [0.15, 0.2) is 0 Å². The Balaban J connectivity index is 2.39. The van der Waals surface area contributed by atoms with Crippen molar-refractivity contribution < 1.29 is 4.79 Å². The Morgan fingerprint density at radius 2 is 2.30 bits per heavy atom. The predicted molar refractivity (Wildman–Crippen MR) is 39.4 cm³/mol. The van der Waals surface area contributed by atoms with Crippen molar-refractivity contribution in [1.29, 1.82) is 0 Å². The fourth-order valence-electron chi connectivity index (χ4n) is 1.36. The van der Waals surface area contributed by atoms with Crippen LogP contribution in [0, 0.1) is 0 Å². The Morgan fingerprint density at radius 1 is 1.60 bits per heavy atom. The zero-order valence-corrected chi connectivity index (χ0v) is 6.26. The van der Waals surface area contributed by atoms with Crippen LogP contribution in [-0.2, 0) is 4.79 Å². The largest absolute Gasteiger partial charge is 0.368 e. The smallest absolute Gasteiger partial charge is 0.234 e. The molecule has 1 aliphatic heterocycles. The third-order valence-electron chi connectivity index (χ3n) is 1.96. The van der Waals surface area contributed by atoms with Gasteiger partial charge in [0.1, 0.15) is 0 Å². The number of piperidine rings is 1. The lowest BCUT2D eigenvalue weighted by Crippen LogP contribution is -2.48. The van der Waals surface area contributed by atoms with Crippen molar-refractivity contribution in [1.82, 2.24) is 5.32 Å². The molecule has 1 saturated heterocycles. The lowest BCUT2D eigenvalue weighted by Gasteiger charge is -2.26. The number of nitrogens with two attached hydrogens (primary N) is 1. The van der Waals surface area contributed by atoms with E-state index in [1.165, 1.54) is 0 Å². The molecule has 0 aromatic rings. The molecule has 1 fully saturated rings. The van der Waals surface area contributed by atoms with Gasteiger partial charge in [0.2, 0.25) is 5.91 Å². The summed E-state index contributed by atoms with van der Waals surface area (Å²) in [6, 6.07) is 0.370. The number of hydrogen-bond acceptors (Lipinski definition) is 2. The summed E-state index contributed by atoms with van der Waals surface area (Å²) in [5, 5.41) is 3.14. The third-order valence-corrected chi connectivity index (χ3v) is 1.96. The molecule has 0 aromatic heterocycles. The molecule has 58 valence electrons. The first kappa shape index (κ1) is 7.54. The Hall–Kier alpha value is -0.570. The maximum absolute atomic E-state index is 10.7. The number of rotatable bonds is 1. The average molecular weight is 142 g/mol. The summed E-state index contributed by atoms with van der Waals surface area (Å²) in [7, 11) is 0. The summed E-state index contributed by atoms with van der Waals surface area (Å²) < 4.78 is 0. The van der Waals surface area contributed by atoms with Crippen LogP contribution >= 0.6 is 0 Å². The first-order valence-corrected chi connectivity index (χ1v) is 3.75. The molecule has 0 saturated carbocycles. The Morgan fingerprint density at radius 3 is 2.70 bits per heavy atom. The van der Waals surface area contributed by atoms with Gasteiger partial charge in [0.25, 0.3) is 0 Å². The summed E-state index contributed by atoms with van der Waals surface area (Å²) in [5.74, 6) is -0.216. The molecule has 1 rings (SSSR count). The highest BCUT2D eigenvalue weighted by Crippen LogP contribution is 2.11. The predicted octanol–water partition coefficient (Wildman–Crippen LogP) is 0.00230. The first-order chi connectivity index (χ1) is 4.70. The van der Waals surface area contributed by atoms with Crippen LogP contribution in [0.2, 0.25) is 0 Å². The van der Waals surface area contributed by atoms with E-state index in [0.29, 0.717) is 6.04 Å². The van der Waals surface area contributed by atoms with E-state index in [0.717, 1.165) is 19.3 Å². The van der Waals surface area contributed by atoms with Crippen LogP contribution in [0.15, 0.2) is 0 Å². The Bertz CT molecular complexity index is 136. The van der Waals surface area contributed by atoms with Gasteiger partial charge in [-0.15, -0.1) is 0 Å². The molecule has 3 N–H and O–H groups in total. The zero-order chi connectivity index (χ0) is 7.56. The molecule has 10 heavy (non-hydrogen) atoms. The number of carbonyl (C=O) groups is 1. The summed E-state index contributed by atoms with van der Waals surface area (Å²) in [6.45, 7) is 2.08. The minimum Gasteiger partial charge on any atom is -0.368 e. The van der Waals surface area contributed by atoms with Crippen LogP contribution in [0.4, 0.5) is 0 Å². The van der Waals surface area contributed by atoms with Crippen LogP contribution in [0.1, 0.15) is 26.2 Å². The topological polar surface area (TPSA) is 55.1 Å². The summed E-state index contributed by atoms with van der Waals surface area (Å²) in [5.41, 5.74) is 5.13. The zero-order valence-electron chi connectivity index (χ0n) is 6.26. The van der Waals surface area contributed by atoms with Crippen molar-refractivity contribution in [3.63, 3.8) is 0 Å². The van der Waals surface area contributed by atoms with Crippen LogP contribution in [-0.4, -0.2) is 18.0 Å². The van der Waals surface area contributed by atoms with Crippen molar-refractivity contribution in [3.8, 4) is 0 Å². The maximum atomic E-state index is 10.7. The fraction of sp³-hybridized carbons (Fsp3) is 0.857. The van der Waals surface area contributed by atoms with Crippen molar-refractivity contribution in [2.75, 3.05) is 0 Å². The van der Waals surface area contributed by atoms with Gasteiger partial charge in [-0.1, -0.05) is 0 Å². The second-order valence-corrected chi connectivity index (χ2v) is 2.95. The standard InChI is InChI=1S/C7H14N2O/c1-5-3-2-4-6(9-5)7(8)10/h5-6,9H,2-4H2,1H3,(H2,8,10)/t5?,6-/m0/s1. The highest BCUT2D eigenvalue weighted by molar-refractivity contribution is 5.79. The van der Waals surface area contributed by atoms with Gasteiger partial charge < -0.3 is 11.1 Å².